The first-order chi connectivity index (χ1) is 21.8. The maximum Gasteiger partial charge on any atom is 0.233 e. The Morgan fingerprint density at radius 3 is 1.69 bits per heavy atom. The average molecular weight is 666 g/mol. The van der Waals surface area contributed by atoms with Crippen molar-refractivity contribution in [2.24, 2.45) is 0 Å². The van der Waals surface area contributed by atoms with Gasteiger partial charge in [0.25, 0.3) is 0 Å². The van der Waals surface area contributed by atoms with Crippen LogP contribution in [0.4, 0.5) is 0 Å². The van der Waals surface area contributed by atoms with Gasteiger partial charge in [0.15, 0.2) is 0 Å². The van der Waals surface area contributed by atoms with Gasteiger partial charge in [-0.05, 0) is 110 Å². The highest BCUT2D eigenvalue weighted by atomic mass is 35.5. The van der Waals surface area contributed by atoms with Crippen LogP contribution in [-0.2, 0) is 20.4 Å². The largest absolute Gasteiger partial charge is 0.394 e. The van der Waals surface area contributed by atoms with Crippen LogP contribution in [0.25, 0.3) is 5.57 Å². The van der Waals surface area contributed by atoms with E-state index >= 15 is 0 Å². The summed E-state index contributed by atoms with van der Waals surface area (Å²) < 4.78 is 0. The molecule has 2 amide bonds. The SMILES string of the molecule is O=C(N1CC=C(c2ccc(Cl)cc2)CC1)C1(c2ccc(Cl)cc2)CC1.O=C(N1CCCCC1CO)C1(c2ccc(Cl)cc2)CC1. The number of benzene rings is 3. The second-order valence-corrected chi connectivity index (χ2v) is 14.1. The molecule has 1 saturated heterocycles. The molecular weight excluding hydrogens is 627 g/mol. The monoisotopic (exact) mass is 664 g/mol. The molecule has 0 spiro atoms. The van der Waals surface area contributed by atoms with Gasteiger partial charge in [0.2, 0.25) is 11.8 Å². The highest BCUT2D eigenvalue weighted by molar-refractivity contribution is 6.31. The van der Waals surface area contributed by atoms with Gasteiger partial charge < -0.3 is 14.9 Å². The summed E-state index contributed by atoms with van der Waals surface area (Å²) in [5.41, 5.74) is 3.96. The van der Waals surface area contributed by atoms with Crippen LogP contribution in [0.2, 0.25) is 15.1 Å². The number of hydrogen-bond donors (Lipinski definition) is 1. The van der Waals surface area contributed by atoms with Gasteiger partial charge in [0.05, 0.1) is 23.5 Å². The average Bonchev–Trinajstić information content (AvgIpc) is 4.01. The van der Waals surface area contributed by atoms with E-state index in [0.717, 1.165) is 80.6 Å². The summed E-state index contributed by atoms with van der Waals surface area (Å²) in [6.45, 7) is 2.29. The molecule has 3 fully saturated rings. The second kappa shape index (κ2) is 13.5. The Hall–Kier alpha value is -2.83. The van der Waals surface area contributed by atoms with Gasteiger partial charge in [-0.2, -0.15) is 0 Å². The number of aliphatic hydroxyl groups is 1. The first-order valence-electron chi connectivity index (χ1n) is 15.9. The summed E-state index contributed by atoms with van der Waals surface area (Å²) in [6.07, 6.45) is 9.77. The summed E-state index contributed by atoms with van der Waals surface area (Å²) in [6, 6.07) is 23.3. The molecule has 45 heavy (non-hydrogen) atoms. The molecule has 4 aliphatic rings. The smallest absolute Gasteiger partial charge is 0.233 e. The summed E-state index contributed by atoms with van der Waals surface area (Å²) in [7, 11) is 0. The molecule has 2 saturated carbocycles. The van der Waals surface area contributed by atoms with E-state index in [0.29, 0.717) is 16.6 Å². The molecule has 7 rings (SSSR count). The summed E-state index contributed by atoms with van der Waals surface area (Å²) >= 11 is 17.9. The minimum atomic E-state index is -0.352. The summed E-state index contributed by atoms with van der Waals surface area (Å²) in [4.78, 5) is 29.9. The number of nitrogens with zero attached hydrogens (tertiary/aromatic N) is 2. The maximum absolute atomic E-state index is 13.1. The van der Waals surface area contributed by atoms with Crippen molar-refractivity contribution in [3.05, 3.63) is 111 Å². The molecule has 0 bridgehead atoms. The Bertz CT molecular complexity index is 1550. The second-order valence-electron chi connectivity index (χ2n) is 12.7. The van der Waals surface area contributed by atoms with Gasteiger partial charge in [-0.15, -0.1) is 0 Å². The highest BCUT2D eigenvalue weighted by Gasteiger charge is 2.54. The number of halogens is 3. The zero-order chi connectivity index (χ0) is 31.6. The minimum Gasteiger partial charge on any atom is -0.394 e. The van der Waals surface area contributed by atoms with Crippen LogP contribution >= 0.6 is 34.8 Å². The van der Waals surface area contributed by atoms with Crippen LogP contribution in [0.15, 0.2) is 78.9 Å². The molecule has 8 heteroatoms. The van der Waals surface area contributed by atoms with Gasteiger partial charge in [-0.25, -0.2) is 0 Å². The van der Waals surface area contributed by atoms with Gasteiger partial charge in [-0.1, -0.05) is 77.3 Å². The number of aliphatic hydroxyl groups excluding tert-OH is 1. The first-order valence-corrected chi connectivity index (χ1v) is 17.1. The lowest BCUT2D eigenvalue weighted by Crippen LogP contribution is -2.49. The Morgan fingerprint density at radius 2 is 1.22 bits per heavy atom. The molecule has 3 aromatic carbocycles. The third kappa shape index (κ3) is 6.83. The molecule has 1 unspecified atom stereocenters. The van der Waals surface area contributed by atoms with Gasteiger partial charge in [-0.3, -0.25) is 9.59 Å². The van der Waals surface area contributed by atoms with Crippen molar-refractivity contribution in [2.75, 3.05) is 26.2 Å². The van der Waals surface area contributed by atoms with Gasteiger partial charge in [0, 0.05) is 34.7 Å². The van der Waals surface area contributed by atoms with E-state index in [1.165, 1.54) is 11.1 Å². The standard InChI is InChI=1S/C21H19Cl2NO.C16H20ClNO2/c22-18-5-1-15(2-6-18)16-9-13-24(14-10-16)20(25)21(11-12-21)17-3-7-19(23)8-4-17;17-13-6-4-12(5-7-13)16(8-9-16)15(20)18-10-2-1-3-14(18)11-19/h1-9H,10-14H2;4-7,14,19H,1-3,8-11H2. The van der Waals surface area contributed by atoms with Crippen LogP contribution in [0.5, 0.6) is 0 Å². The predicted octanol–water partition coefficient (Wildman–Crippen LogP) is 8.09. The zero-order valence-electron chi connectivity index (χ0n) is 25.4. The van der Waals surface area contributed by atoms with Crippen molar-refractivity contribution in [2.45, 2.75) is 68.2 Å². The lowest BCUT2D eigenvalue weighted by atomic mass is 9.92. The Balaban J connectivity index is 0.000000163. The molecule has 3 aromatic rings. The Labute approximate surface area is 280 Å². The Kier molecular flexibility index (Phi) is 9.63. The first kappa shape index (κ1) is 32.1. The molecule has 1 N–H and O–H groups in total. The molecule has 2 heterocycles. The lowest BCUT2D eigenvalue weighted by Gasteiger charge is -2.37. The number of carbonyl (C=O) groups is 2. The van der Waals surface area contributed by atoms with Crippen molar-refractivity contribution in [1.82, 2.24) is 9.80 Å². The molecule has 1 atom stereocenters. The lowest BCUT2D eigenvalue weighted by molar-refractivity contribution is -0.138. The highest BCUT2D eigenvalue weighted by Crippen LogP contribution is 2.51. The van der Waals surface area contributed by atoms with Crippen molar-refractivity contribution in [3.63, 3.8) is 0 Å². The molecule has 2 aliphatic heterocycles. The number of piperidine rings is 1. The van der Waals surface area contributed by atoms with E-state index in [2.05, 4.69) is 6.08 Å². The van der Waals surface area contributed by atoms with Crippen LogP contribution in [0.1, 0.15) is 68.1 Å². The maximum atomic E-state index is 13.1. The van der Waals surface area contributed by atoms with E-state index in [1.54, 1.807) is 0 Å². The summed E-state index contributed by atoms with van der Waals surface area (Å²) in [5, 5.41) is 11.6. The molecule has 0 radical (unpaired) electrons. The van der Waals surface area contributed by atoms with E-state index in [9.17, 15) is 14.7 Å². The van der Waals surface area contributed by atoms with Crippen molar-refractivity contribution in [1.29, 1.82) is 0 Å². The van der Waals surface area contributed by atoms with Crippen LogP contribution in [-0.4, -0.2) is 59.0 Å². The van der Waals surface area contributed by atoms with Crippen LogP contribution in [0.3, 0.4) is 0 Å². The number of hydrogen-bond acceptors (Lipinski definition) is 3. The number of amides is 2. The van der Waals surface area contributed by atoms with Gasteiger partial charge in [0.1, 0.15) is 0 Å². The molecule has 5 nitrogen and oxygen atoms in total. The number of carbonyl (C=O) groups excluding carboxylic acids is 2. The molecular formula is C37H39Cl3N2O3. The summed E-state index contributed by atoms with van der Waals surface area (Å²) in [5.74, 6) is 0.444. The number of likely N-dealkylation sites (tertiary alicyclic amines) is 1. The fourth-order valence-corrected chi connectivity index (χ4v) is 7.23. The van der Waals surface area contributed by atoms with Crippen molar-refractivity contribution in [3.8, 4) is 0 Å². The molecule has 0 aromatic heterocycles. The molecule has 2 aliphatic carbocycles. The van der Waals surface area contributed by atoms with Crippen molar-refractivity contribution < 1.29 is 14.7 Å². The van der Waals surface area contributed by atoms with E-state index in [4.69, 9.17) is 34.8 Å². The molecule has 236 valence electrons. The third-order valence-electron chi connectivity index (χ3n) is 9.92. The van der Waals surface area contributed by atoms with E-state index < -0.39 is 0 Å². The van der Waals surface area contributed by atoms with Crippen LogP contribution in [0, 0.1) is 0 Å². The fourth-order valence-electron chi connectivity index (χ4n) is 6.85. The normalized spacial score (nSPS) is 21.2. The third-order valence-corrected chi connectivity index (χ3v) is 10.7. The number of rotatable bonds is 6. The quantitative estimate of drug-likeness (QED) is 0.290. The van der Waals surface area contributed by atoms with Gasteiger partial charge >= 0.3 is 0 Å². The van der Waals surface area contributed by atoms with Crippen LogP contribution < -0.4 is 0 Å². The topological polar surface area (TPSA) is 60.9 Å². The Morgan fingerprint density at radius 1 is 0.711 bits per heavy atom. The van der Waals surface area contributed by atoms with E-state index in [-0.39, 0.29) is 35.3 Å². The predicted molar refractivity (Wildman–Crippen MR) is 182 cm³/mol. The minimum absolute atomic E-state index is 0.000949. The van der Waals surface area contributed by atoms with Crippen molar-refractivity contribution >= 4 is 52.2 Å². The zero-order valence-corrected chi connectivity index (χ0v) is 27.6. The fraction of sp³-hybridized carbons (Fsp3) is 0.405. The van der Waals surface area contributed by atoms with E-state index in [1.807, 2.05) is 82.6 Å².